The molecule has 4 rings (SSSR count). The minimum Gasteiger partial charge on any atom is -0.496 e. The Morgan fingerprint density at radius 2 is 2.03 bits per heavy atom. The summed E-state index contributed by atoms with van der Waals surface area (Å²) < 4.78 is 13.3. The van der Waals surface area contributed by atoms with Crippen LogP contribution in [0.2, 0.25) is 0 Å². The van der Waals surface area contributed by atoms with E-state index >= 15 is 0 Å². The molecule has 0 unspecified atom stereocenters. The summed E-state index contributed by atoms with van der Waals surface area (Å²) in [5.41, 5.74) is 2.18. The zero-order chi connectivity index (χ0) is 20.9. The van der Waals surface area contributed by atoms with Gasteiger partial charge in [-0.15, -0.1) is 0 Å². The van der Waals surface area contributed by atoms with Crippen LogP contribution in [0, 0.1) is 0 Å². The highest BCUT2D eigenvalue weighted by Crippen LogP contribution is 2.32. The van der Waals surface area contributed by atoms with Crippen molar-refractivity contribution in [3.63, 3.8) is 0 Å². The van der Waals surface area contributed by atoms with Crippen molar-refractivity contribution in [1.29, 1.82) is 0 Å². The van der Waals surface area contributed by atoms with Gasteiger partial charge in [-0.25, -0.2) is 0 Å². The number of nitrogens with one attached hydrogen (secondary N) is 1. The summed E-state index contributed by atoms with van der Waals surface area (Å²) in [6, 6.07) is 9.06. The molecule has 1 aromatic carbocycles. The fourth-order valence-electron chi connectivity index (χ4n) is 3.10. The number of methoxy groups -OCH3 is 1. The Balaban J connectivity index is 1.50. The Labute approximate surface area is 173 Å². The van der Waals surface area contributed by atoms with Crippen molar-refractivity contribution in [1.82, 2.24) is 19.7 Å². The number of benzene rings is 1. The maximum atomic E-state index is 12.4. The van der Waals surface area contributed by atoms with E-state index in [-0.39, 0.29) is 12.3 Å². The number of rotatable bonds is 7. The molecule has 3 heterocycles. The third-order valence-corrected chi connectivity index (χ3v) is 4.58. The molecule has 8 heteroatoms. The zero-order valence-electron chi connectivity index (χ0n) is 16.7. The van der Waals surface area contributed by atoms with Gasteiger partial charge in [0.1, 0.15) is 17.2 Å². The summed E-state index contributed by atoms with van der Waals surface area (Å²) in [5, 5.41) is 7.87. The van der Waals surface area contributed by atoms with Gasteiger partial charge >= 0.3 is 0 Å². The van der Waals surface area contributed by atoms with Crippen LogP contribution in [0.25, 0.3) is 10.9 Å². The summed E-state index contributed by atoms with van der Waals surface area (Å²) in [5.74, 6) is 1.70. The summed E-state index contributed by atoms with van der Waals surface area (Å²) in [6.45, 7) is 2.73. The number of anilines is 1. The number of hydrogen-bond acceptors (Lipinski definition) is 6. The molecule has 0 radical (unpaired) electrons. The molecule has 0 aliphatic heterocycles. The first-order valence-corrected chi connectivity index (χ1v) is 9.52. The van der Waals surface area contributed by atoms with Gasteiger partial charge < -0.3 is 14.8 Å². The van der Waals surface area contributed by atoms with Crippen LogP contribution in [0.3, 0.4) is 0 Å². The quantitative estimate of drug-likeness (QED) is 0.504. The molecule has 1 amide bonds. The molecule has 0 saturated heterocycles. The van der Waals surface area contributed by atoms with Crippen molar-refractivity contribution >= 4 is 22.5 Å². The van der Waals surface area contributed by atoms with E-state index in [0.717, 1.165) is 23.0 Å². The molecule has 3 aromatic heterocycles. The van der Waals surface area contributed by atoms with Crippen molar-refractivity contribution in [2.24, 2.45) is 0 Å². The van der Waals surface area contributed by atoms with E-state index in [9.17, 15) is 4.79 Å². The van der Waals surface area contributed by atoms with E-state index in [2.05, 4.69) is 20.4 Å². The molecular weight excluding hydrogens is 382 g/mol. The molecule has 0 spiro atoms. The molecule has 0 aliphatic rings. The Hall–Kier alpha value is -3.94. The average molecular weight is 403 g/mol. The highest BCUT2D eigenvalue weighted by molar-refractivity contribution is 5.92. The molecular formula is C22H21N5O3. The molecule has 152 valence electrons. The lowest BCUT2D eigenvalue weighted by Crippen LogP contribution is -2.14. The summed E-state index contributed by atoms with van der Waals surface area (Å²) >= 11 is 0. The van der Waals surface area contributed by atoms with Gasteiger partial charge in [0, 0.05) is 42.2 Å². The van der Waals surface area contributed by atoms with Crippen molar-refractivity contribution in [2.45, 2.75) is 19.9 Å². The predicted molar refractivity (Wildman–Crippen MR) is 113 cm³/mol. The molecule has 0 atom stereocenters. The third kappa shape index (κ3) is 4.22. The fourth-order valence-corrected chi connectivity index (χ4v) is 3.10. The van der Waals surface area contributed by atoms with Crippen LogP contribution in [-0.2, 0) is 17.8 Å². The number of fused-ring (bicyclic) bond motifs is 1. The molecule has 1 N–H and O–H groups in total. The summed E-state index contributed by atoms with van der Waals surface area (Å²) in [6.07, 6.45) is 8.66. The van der Waals surface area contributed by atoms with Gasteiger partial charge in [0.05, 0.1) is 37.1 Å². The van der Waals surface area contributed by atoms with Gasteiger partial charge in [0.2, 0.25) is 5.91 Å². The van der Waals surface area contributed by atoms with Gasteiger partial charge in [-0.05, 0) is 25.1 Å². The number of ether oxygens (including phenoxy) is 2. The molecule has 0 aliphatic carbocycles. The zero-order valence-corrected chi connectivity index (χ0v) is 16.7. The maximum Gasteiger partial charge on any atom is 0.229 e. The molecule has 30 heavy (non-hydrogen) atoms. The molecule has 0 fully saturated rings. The number of hydrogen-bond donors (Lipinski definition) is 1. The number of aryl methyl sites for hydroxylation is 1. The van der Waals surface area contributed by atoms with E-state index in [1.807, 2.05) is 25.1 Å². The number of aromatic nitrogens is 4. The lowest BCUT2D eigenvalue weighted by molar-refractivity contribution is -0.115. The SMILES string of the molecule is CCn1cc(NC(=O)Cc2ccc(Oc3ccnc4cnccc34)cc2OC)cn1. The minimum atomic E-state index is -0.148. The second-order valence-corrected chi connectivity index (χ2v) is 6.59. The van der Waals surface area contributed by atoms with Gasteiger partial charge in [-0.1, -0.05) is 6.07 Å². The molecule has 0 bridgehead atoms. The van der Waals surface area contributed by atoms with Crippen LogP contribution in [0.1, 0.15) is 12.5 Å². The number of nitrogens with zero attached hydrogens (tertiary/aromatic N) is 4. The smallest absolute Gasteiger partial charge is 0.229 e. The van der Waals surface area contributed by atoms with Gasteiger partial charge in [-0.3, -0.25) is 19.4 Å². The van der Waals surface area contributed by atoms with Crippen LogP contribution in [0.4, 0.5) is 5.69 Å². The summed E-state index contributed by atoms with van der Waals surface area (Å²) in [7, 11) is 1.57. The number of amides is 1. The monoisotopic (exact) mass is 403 g/mol. The molecule has 8 nitrogen and oxygen atoms in total. The largest absolute Gasteiger partial charge is 0.496 e. The van der Waals surface area contributed by atoms with Crippen LogP contribution >= 0.6 is 0 Å². The van der Waals surface area contributed by atoms with Crippen LogP contribution in [0.5, 0.6) is 17.2 Å². The number of carbonyl (C=O) groups is 1. The second kappa shape index (κ2) is 8.60. The molecule has 0 saturated carbocycles. The Kier molecular flexibility index (Phi) is 5.56. The van der Waals surface area contributed by atoms with Crippen LogP contribution in [0.15, 0.2) is 61.3 Å². The first kappa shape index (κ1) is 19.4. The first-order valence-electron chi connectivity index (χ1n) is 9.52. The highest BCUT2D eigenvalue weighted by atomic mass is 16.5. The highest BCUT2D eigenvalue weighted by Gasteiger charge is 2.12. The number of pyridine rings is 2. The van der Waals surface area contributed by atoms with E-state index in [1.54, 1.807) is 54.9 Å². The lowest BCUT2D eigenvalue weighted by Gasteiger charge is -2.12. The normalized spacial score (nSPS) is 10.7. The van der Waals surface area contributed by atoms with Gasteiger partial charge in [0.15, 0.2) is 0 Å². The predicted octanol–water partition coefficient (Wildman–Crippen LogP) is 3.83. The second-order valence-electron chi connectivity index (χ2n) is 6.59. The van der Waals surface area contributed by atoms with E-state index in [4.69, 9.17) is 9.47 Å². The first-order chi connectivity index (χ1) is 14.7. The van der Waals surface area contributed by atoms with Crippen molar-refractivity contribution in [3.05, 3.63) is 66.9 Å². The number of carbonyl (C=O) groups excluding carboxylic acids is 1. The topological polar surface area (TPSA) is 91.2 Å². The lowest BCUT2D eigenvalue weighted by atomic mass is 10.1. The average Bonchev–Trinajstić information content (AvgIpc) is 3.22. The van der Waals surface area contributed by atoms with Crippen LogP contribution < -0.4 is 14.8 Å². The van der Waals surface area contributed by atoms with E-state index in [0.29, 0.717) is 22.9 Å². The Morgan fingerprint density at radius 3 is 2.83 bits per heavy atom. The van der Waals surface area contributed by atoms with Crippen molar-refractivity contribution in [3.8, 4) is 17.2 Å². The van der Waals surface area contributed by atoms with Crippen LogP contribution in [-0.4, -0.2) is 32.8 Å². The molecule has 4 aromatic rings. The maximum absolute atomic E-state index is 12.4. The fraction of sp³-hybridized carbons (Fsp3) is 0.182. The third-order valence-electron chi connectivity index (χ3n) is 4.58. The minimum absolute atomic E-state index is 0.148. The van der Waals surface area contributed by atoms with Crippen molar-refractivity contribution < 1.29 is 14.3 Å². The van der Waals surface area contributed by atoms with Gasteiger partial charge in [-0.2, -0.15) is 5.10 Å². The summed E-state index contributed by atoms with van der Waals surface area (Å²) in [4.78, 5) is 20.8. The van der Waals surface area contributed by atoms with E-state index in [1.165, 1.54) is 0 Å². The Bertz CT molecular complexity index is 1180. The Morgan fingerprint density at radius 1 is 1.13 bits per heavy atom. The standard InChI is InChI=1S/C22H21N5O3/c1-3-27-14-16(12-25-27)26-22(28)10-15-4-5-17(11-21(15)29-2)30-20-7-9-24-19-13-23-8-6-18(19)20/h4-9,11-14H,3,10H2,1-2H3,(H,26,28). The van der Waals surface area contributed by atoms with Crippen molar-refractivity contribution in [2.75, 3.05) is 12.4 Å². The van der Waals surface area contributed by atoms with E-state index < -0.39 is 0 Å². The van der Waals surface area contributed by atoms with Gasteiger partial charge in [0.25, 0.3) is 0 Å².